The largest absolute Gasteiger partial charge is 0.457 e. The lowest BCUT2D eigenvalue weighted by Gasteiger charge is -2.09. The molecular formula is C36H42O. The molecule has 0 aliphatic heterocycles. The SMILES string of the molecule is CCCCCCc1ccc(-c2ccc(Oc3ccc(-c4ccc(CCCCCC)cc4)cc3)cc2)cc1. The topological polar surface area (TPSA) is 9.23 Å². The smallest absolute Gasteiger partial charge is 0.127 e. The van der Waals surface area contributed by atoms with Crippen LogP contribution in [0.4, 0.5) is 0 Å². The van der Waals surface area contributed by atoms with Crippen LogP contribution in [-0.4, -0.2) is 0 Å². The zero-order valence-electron chi connectivity index (χ0n) is 22.7. The molecule has 0 bridgehead atoms. The summed E-state index contributed by atoms with van der Waals surface area (Å²) in [5.41, 5.74) is 7.80. The fourth-order valence-corrected chi connectivity index (χ4v) is 4.81. The van der Waals surface area contributed by atoms with Gasteiger partial charge in [-0.2, -0.15) is 0 Å². The molecule has 0 aliphatic rings. The average molecular weight is 491 g/mol. The minimum Gasteiger partial charge on any atom is -0.457 e. The van der Waals surface area contributed by atoms with Gasteiger partial charge >= 0.3 is 0 Å². The van der Waals surface area contributed by atoms with E-state index in [-0.39, 0.29) is 0 Å². The van der Waals surface area contributed by atoms with Gasteiger partial charge in [-0.3, -0.25) is 0 Å². The standard InChI is InChI=1S/C36H42O/c1-3-5-7-9-11-29-13-17-31(18-14-29)33-21-25-35(26-22-33)37-36-27-23-34(24-28-36)32-19-15-30(16-20-32)12-10-8-6-4-2/h13-28H,3-12H2,1-2H3. The maximum Gasteiger partial charge on any atom is 0.127 e. The zero-order valence-corrected chi connectivity index (χ0v) is 22.7. The highest BCUT2D eigenvalue weighted by Crippen LogP contribution is 2.28. The van der Waals surface area contributed by atoms with E-state index in [1.807, 2.05) is 0 Å². The van der Waals surface area contributed by atoms with Crippen LogP contribution in [0.15, 0.2) is 97.1 Å². The fraction of sp³-hybridized carbons (Fsp3) is 0.333. The van der Waals surface area contributed by atoms with Gasteiger partial charge in [0, 0.05) is 0 Å². The van der Waals surface area contributed by atoms with Gasteiger partial charge in [-0.1, -0.05) is 125 Å². The summed E-state index contributed by atoms with van der Waals surface area (Å²) in [6, 6.07) is 34.8. The summed E-state index contributed by atoms with van der Waals surface area (Å²) in [6.45, 7) is 4.52. The number of unbranched alkanes of at least 4 members (excludes halogenated alkanes) is 6. The molecule has 0 saturated heterocycles. The van der Waals surface area contributed by atoms with Crippen molar-refractivity contribution >= 4 is 0 Å². The second-order valence-corrected chi connectivity index (χ2v) is 10.2. The lowest BCUT2D eigenvalue weighted by molar-refractivity contribution is 0.483. The summed E-state index contributed by atoms with van der Waals surface area (Å²) in [6.07, 6.45) is 12.8. The van der Waals surface area contributed by atoms with E-state index in [1.54, 1.807) is 0 Å². The van der Waals surface area contributed by atoms with Crippen molar-refractivity contribution in [3.05, 3.63) is 108 Å². The van der Waals surface area contributed by atoms with Gasteiger partial charge in [0.05, 0.1) is 0 Å². The summed E-state index contributed by atoms with van der Waals surface area (Å²) in [5, 5.41) is 0. The molecule has 0 aromatic heterocycles. The Bertz CT molecular complexity index is 1070. The van der Waals surface area contributed by atoms with Crippen LogP contribution in [0.5, 0.6) is 11.5 Å². The molecule has 1 nitrogen and oxygen atoms in total. The van der Waals surface area contributed by atoms with Crippen molar-refractivity contribution in [3.63, 3.8) is 0 Å². The van der Waals surface area contributed by atoms with Crippen molar-refractivity contribution in [2.24, 2.45) is 0 Å². The molecule has 0 atom stereocenters. The van der Waals surface area contributed by atoms with Crippen molar-refractivity contribution < 1.29 is 4.74 Å². The van der Waals surface area contributed by atoms with Gasteiger partial charge in [0.25, 0.3) is 0 Å². The highest BCUT2D eigenvalue weighted by Gasteiger charge is 2.04. The van der Waals surface area contributed by atoms with E-state index >= 15 is 0 Å². The van der Waals surface area contributed by atoms with Gasteiger partial charge in [-0.25, -0.2) is 0 Å². The monoisotopic (exact) mass is 490 g/mol. The number of benzene rings is 4. The Morgan fingerprint density at radius 2 is 0.703 bits per heavy atom. The summed E-state index contributed by atoms with van der Waals surface area (Å²) in [7, 11) is 0. The van der Waals surface area contributed by atoms with E-state index < -0.39 is 0 Å². The molecule has 0 heterocycles. The molecule has 192 valence electrons. The number of aryl methyl sites for hydroxylation is 2. The molecular weight excluding hydrogens is 448 g/mol. The average Bonchev–Trinajstić information content (AvgIpc) is 2.95. The number of hydrogen-bond acceptors (Lipinski definition) is 1. The van der Waals surface area contributed by atoms with Crippen molar-refractivity contribution in [2.75, 3.05) is 0 Å². The minimum absolute atomic E-state index is 0.858. The Balaban J connectivity index is 1.29. The van der Waals surface area contributed by atoms with Gasteiger partial charge in [0.15, 0.2) is 0 Å². The van der Waals surface area contributed by atoms with Crippen LogP contribution in [0.3, 0.4) is 0 Å². The van der Waals surface area contributed by atoms with E-state index in [0.717, 1.165) is 11.5 Å². The molecule has 0 aliphatic carbocycles. The molecule has 0 N–H and O–H groups in total. The first-order valence-electron chi connectivity index (χ1n) is 14.3. The lowest BCUT2D eigenvalue weighted by atomic mass is 10.0. The third-order valence-electron chi connectivity index (χ3n) is 7.16. The number of hydrogen-bond donors (Lipinski definition) is 0. The van der Waals surface area contributed by atoms with Crippen molar-refractivity contribution in [3.8, 4) is 33.8 Å². The fourth-order valence-electron chi connectivity index (χ4n) is 4.81. The minimum atomic E-state index is 0.858. The van der Waals surface area contributed by atoms with Gasteiger partial charge in [-0.05, 0) is 83.3 Å². The summed E-state index contributed by atoms with van der Waals surface area (Å²) in [4.78, 5) is 0. The Labute approximate surface area is 224 Å². The normalized spacial score (nSPS) is 11.0. The van der Waals surface area contributed by atoms with Crippen LogP contribution < -0.4 is 4.74 Å². The second kappa shape index (κ2) is 14.4. The maximum absolute atomic E-state index is 6.13. The molecule has 0 unspecified atom stereocenters. The molecule has 4 rings (SSSR count). The molecule has 0 spiro atoms. The van der Waals surface area contributed by atoms with Crippen LogP contribution in [0.25, 0.3) is 22.3 Å². The first kappa shape index (κ1) is 26.7. The molecule has 0 radical (unpaired) electrons. The van der Waals surface area contributed by atoms with Crippen LogP contribution >= 0.6 is 0 Å². The third-order valence-corrected chi connectivity index (χ3v) is 7.16. The molecule has 1 heteroatoms. The van der Waals surface area contributed by atoms with Gasteiger partial charge < -0.3 is 4.74 Å². The maximum atomic E-state index is 6.13. The lowest BCUT2D eigenvalue weighted by Crippen LogP contribution is -1.88. The molecule has 0 fully saturated rings. The van der Waals surface area contributed by atoms with Crippen LogP contribution in [0, 0.1) is 0 Å². The van der Waals surface area contributed by atoms with Gasteiger partial charge in [0.1, 0.15) is 11.5 Å². The van der Waals surface area contributed by atoms with E-state index in [2.05, 4.69) is 111 Å². The Kier molecular flexibility index (Phi) is 10.4. The van der Waals surface area contributed by atoms with Crippen molar-refractivity contribution in [2.45, 2.75) is 78.1 Å². The van der Waals surface area contributed by atoms with Crippen molar-refractivity contribution in [1.29, 1.82) is 0 Å². The van der Waals surface area contributed by atoms with E-state index in [4.69, 9.17) is 4.74 Å². The highest BCUT2D eigenvalue weighted by atomic mass is 16.5. The van der Waals surface area contributed by atoms with E-state index in [9.17, 15) is 0 Å². The Hall–Kier alpha value is -3.32. The summed E-state index contributed by atoms with van der Waals surface area (Å²) >= 11 is 0. The molecule has 4 aromatic carbocycles. The molecule has 4 aromatic rings. The second-order valence-electron chi connectivity index (χ2n) is 10.2. The quantitative estimate of drug-likeness (QED) is 0.160. The predicted octanol–water partition coefficient (Wildman–Crippen LogP) is 11.1. The first-order chi connectivity index (χ1) is 18.2. The highest BCUT2D eigenvalue weighted by molar-refractivity contribution is 5.66. The Morgan fingerprint density at radius 1 is 0.378 bits per heavy atom. The summed E-state index contributed by atoms with van der Waals surface area (Å²) < 4.78 is 6.13. The Morgan fingerprint density at radius 3 is 1.03 bits per heavy atom. The van der Waals surface area contributed by atoms with E-state index in [0.29, 0.717) is 0 Å². The summed E-state index contributed by atoms with van der Waals surface area (Å²) in [5.74, 6) is 1.72. The van der Waals surface area contributed by atoms with Gasteiger partial charge in [0.2, 0.25) is 0 Å². The molecule has 0 saturated carbocycles. The van der Waals surface area contributed by atoms with Crippen LogP contribution in [0.1, 0.15) is 76.3 Å². The first-order valence-corrected chi connectivity index (χ1v) is 14.3. The number of ether oxygens (including phenoxy) is 1. The van der Waals surface area contributed by atoms with Gasteiger partial charge in [-0.15, -0.1) is 0 Å². The predicted molar refractivity (Wildman–Crippen MR) is 160 cm³/mol. The third kappa shape index (κ3) is 8.35. The zero-order chi connectivity index (χ0) is 25.7. The van der Waals surface area contributed by atoms with Crippen molar-refractivity contribution in [1.82, 2.24) is 0 Å². The molecule has 0 amide bonds. The van der Waals surface area contributed by atoms with Crippen LogP contribution in [0.2, 0.25) is 0 Å². The van der Waals surface area contributed by atoms with E-state index in [1.165, 1.54) is 97.6 Å². The number of rotatable bonds is 14. The molecule has 37 heavy (non-hydrogen) atoms. The van der Waals surface area contributed by atoms with Crippen LogP contribution in [-0.2, 0) is 12.8 Å².